The fourth-order valence-corrected chi connectivity index (χ4v) is 1.13. The van der Waals surface area contributed by atoms with Gasteiger partial charge in [-0.15, -0.1) is 0 Å². The van der Waals surface area contributed by atoms with Gasteiger partial charge < -0.3 is 0 Å². The normalized spacial score (nSPS) is 11.8. The molecule has 0 amide bonds. The summed E-state index contributed by atoms with van der Waals surface area (Å²) < 4.78 is 12.5. The molecule has 0 heterocycles. The fraction of sp³-hybridized carbons (Fsp3) is 0.333. The van der Waals surface area contributed by atoms with Crippen molar-refractivity contribution in [3.05, 3.63) is 46.1 Å². The Bertz CT molecular complexity index is 314. The maximum absolute atomic E-state index is 12.5. The second-order valence-corrected chi connectivity index (χ2v) is 2.68. The molecule has 1 rings (SSSR count). The van der Waals surface area contributed by atoms with Gasteiger partial charge in [0.1, 0.15) is 5.82 Å². The molecule has 0 unspecified atom stereocenters. The largest absolute Gasteiger partial charge is 0.207 e. The van der Waals surface area contributed by atoms with Crippen LogP contribution in [0.1, 0.15) is 24.9 Å². The van der Waals surface area contributed by atoms with Crippen molar-refractivity contribution in [2.75, 3.05) is 0 Å². The van der Waals surface area contributed by atoms with Crippen LogP contribution in [-0.2, 0) is 0 Å². The molecule has 1 aromatic rings. The Labute approximate surface area is 75.8 Å². The van der Waals surface area contributed by atoms with E-state index in [9.17, 15) is 4.39 Å². The Kier molecular flexibility index (Phi) is 3.29. The number of benzene rings is 1. The number of rotatable bonds is 3. The third-order valence-electron chi connectivity index (χ3n) is 1.83. The summed E-state index contributed by atoms with van der Waals surface area (Å²) in [5.74, 6) is -0.278. The van der Waals surface area contributed by atoms with Gasteiger partial charge in [0, 0.05) is 4.91 Å². The van der Waals surface area contributed by atoms with Gasteiger partial charge in [-0.25, -0.2) is 4.39 Å². The molecule has 0 fully saturated rings. The molecule has 1 aromatic carbocycles. The van der Waals surface area contributed by atoms with Crippen LogP contribution in [0.2, 0.25) is 0 Å². The van der Waals surface area contributed by atoms with Crippen LogP contribution in [0.25, 0.3) is 10.4 Å². The lowest BCUT2D eigenvalue weighted by atomic mass is 10.1. The van der Waals surface area contributed by atoms with E-state index in [1.54, 1.807) is 12.1 Å². The molecule has 1 atom stereocenters. The minimum absolute atomic E-state index is 0.189. The molecular weight excluding hydrogens is 169 g/mol. The van der Waals surface area contributed by atoms with E-state index in [2.05, 4.69) is 10.0 Å². The van der Waals surface area contributed by atoms with Crippen LogP contribution in [0.5, 0.6) is 0 Å². The molecule has 4 heteroatoms. The third kappa shape index (κ3) is 2.46. The lowest BCUT2D eigenvalue weighted by Gasteiger charge is -2.07. The van der Waals surface area contributed by atoms with Crippen molar-refractivity contribution in [3.63, 3.8) is 0 Å². The number of azide groups is 1. The minimum atomic E-state index is -0.278. The second-order valence-electron chi connectivity index (χ2n) is 2.68. The van der Waals surface area contributed by atoms with Gasteiger partial charge in [-0.1, -0.05) is 24.2 Å². The Hall–Kier alpha value is -1.54. The molecule has 0 N–H and O–H groups in total. The van der Waals surface area contributed by atoms with Crippen LogP contribution in [0, 0.1) is 5.82 Å². The van der Waals surface area contributed by atoms with Gasteiger partial charge in [0.25, 0.3) is 0 Å². The maximum atomic E-state index is 12.5. The Balaban J connectivity index is 2.91. The maximum Gasteiger partial charge on any atom is 0.123 e. The molecule has 68 valence electrons. The zero-order valence-corrected chi connectivity index (χ0v) is 7.31. The zero-order chi connectivity index (χ0) is 9.68. The average molecular weight is 179 g/mol. The Morgan fingerprint density at radius 2 is 2.08 bits per heavy atom. The average Bonchev–Trinajstić information content (AvgIpc) is 2.16. The molecule has 0 aliphatic heterocycles. The van der Waals surface area contributed by atoms with Crippen LogP contribution in [0.3, 0.4) is 0 Å². The van der Waals surface area contributed by atoms with Crippen LogP contribution in [0.15, 0.2) is 29.4 Å². The Morgan fingerprint density at radius 3 is 2.54 bits per heavy atom. The lowest BCUT2D eigenvalue weighted by molar-refractivity contribution is 0.623. The summed E-state index contributed by atoms with van der Waals surface area (Å²) >= 11 is 0. The van der Waals surface area contributed by atoms with Crippen LogP contribution < -0.4 is 0 Å². The molecule has 13 heavy (non-hydrogen) atoms. The fourth-order valence-electron chi connectivity index (χ4n) is 1.13. The number of hydrogen-bond donors (Lipinski definition) is 0. The topological polar surface area (TPSA) is 48.8 Å². The highest BCUT2D eigenvalue weighted by Crippen LogP contribution is 2.20. The van der Waals surface area contributed by atoms with Crippen LogP contribution in [0.4, 0.5) is 4.39 Å². The molecule has 0 aliphatic carbocycles. The van der Waals surface area contributed by atoms with E-state index in [4.69, 9.17) is 5.53 Å². The summed E-state index contributed by atoms with van der Waals surface area (Å²) in [5.41, 5.74) is 9.12. The second kappa shape index (κ2) is 4.48. The van der Waals surface area contributed by atoms with Gasteiger partial charge >= 0.3 is 0 Å². The molecule has 3 nitrogen and oxygen atoms in total. The highest BCUT2D eigenvalue weighted by atomic mass is 19.1. The minimum Gasteiger partial charge on any atom is -0.207 e. The third-order valence-corrected chi connectivity index (χ3v) is 1.83. The standard InChI is InChI=1S/C9H10FN3/c1-2-9(12-13-11)7-3-5-8(10)6-4-7/h3-6,9H,2H2,1H3/t9-/m0/s1. The van der Waals surface area contributed by atoms with E-state index >= 15 is 0 Å². The zero-order valence-electron chi connectivity index (χ0n) is 7.31. The molecule has 0 saturated heterocycles. The highest BCUT2D eigenvalue weighted by Gasteiger charge is 2.05. The summed E-state index contributed by atoms with van der Waals surface area (Å²) in [6, 6.07) is 5.82. The number of nitrogens with zero attached hydrogens (tertiary/aromatic N) is 3. The van der Waals surface area contributed by atoms with Crippen molar-refractivity contribution >= 4 is 0 Å². The van der Waals surface area contributed by atoms with Gasteiger partial charge in [-0.3, -0.25) is 0 Å². The van der Waals surface area contributed by atoms with Gasteiger partial charge in [-0.05, 0) is 29.6 Å². The van der Waals surface area contributed by atoms with E-state index in [0.717, 1.165) is 12.0 Å². The van der Waals surface area contributed by atoms with Gasteiger partial charge in [0.15, 0.2) is 0 Å². The number of hydrogen-bond acceptors (Lipinski definition) is 1. The summed E-state index contributed by atoms with van der Waals surface area (Å²) in [5, 5.41) is 3.60. The summed E-state index contributed by atoms with van der Waals surface area (Å²) in [6.45, 7) is 1.92. The first-order chi connectivity index (χ1) is 6.27. The molecular formula is C9H10FN3. The summed E-state index contributed by atoms with van der Waals surface area (Å²) in [7, 11) is 0. The SMILES string of the molecule is CC[C@H](N=[N+]=[N-])c1ccc(F)cc1. The van der Waals surface area contributed by atoms with Gasteiger partial charge in [0.2, 0.25) is 0 Å². The molecule has 0 radical (unpaired) electrons. The van der Waals surface area contributed by atoms with E-state index < -0.39 is 0 Å². The quantitative estimate of drug-likeness (QED) is 0.387. The Morgan fingerprint density at radius 1 is 1.46 bits per heavy atom. The van der Waals surface area contributed by atoms with Crippen molar-refractivity contribution < 1.29 is 4.39 Å². The van der Waals surface area contributed by atoms with E-state index in [1.807, 2.05) is 6.92 Å². The van der Waals surface area contributed by atoms with E-state index in [1.165, 1.54) is 12.1 Å². The highest BCUT2D eigenvalue weighted by molar-refractivity contribution is 5.19. The lowest BCUT2D eigenvalue weighted by Crippen LogP contribution is -1.91. The summed E-state index contributed by atoms with van der Waals surface area (Å²) in [4.78, 5) is 2.74. The molecule has 0 bridgehead atoms. The van der Waals surface area contributed by atoms with Crippen molar-refractivity contribution in [1.29, 1.82) is 0 Å². The van der Waals surface area contributed by atoms with Crippen molar-refractivity contribution in [2.45, 2.75) is 19.4 Å². The monoisotopic (exact) mass is 179 g/mol. The smallest absolute Gasteiger partial charge is 0.123 e. The first kappa shape index (κ1) is 9.55. The first-order valence-electron chi connectivity index (χ1n) is 4.07. The molecule has 0 saturated carbocycles. The van der Waals surface area contributed by atoms with E-state index in [0.29, 0.717) is 0 Å². The van der Waals surface area contributed by atoms with Crippen molar-refractivity contribution in [2.24, 2.45) is 5.11 Å². The van der Waals surface area contributed by atoms with Gasteiger partial charge in [0.05, 0.1) is 6.04 Å². The van der Waals surface area contributed by atoms with Crippen LogP contribution >= 0.6 is 0 Å². The van der Waals surface area contributed by atoms with Crippen molar-refractivity contribution in [3.8, 4) is 0 Å². The first-order valence-corrected chi connectivity index (χ1v) is 4.07. The molecule has 0 aliphatic rings. The predicted molar refractivity (Wildman–Crippen MR) is 48.6 cm³/mol. The van der Waals surface area contributed by atoms with Gasteiger partial charge in [-0.2, -0.15) is 0 Å². The summed E-state index contributed by atoms with van der Waals surface area (Å²) in [6.07, 6.45) is 0.718. The predicted octanol–water partition coefficient (Wildman–Crippen LogP) is 3.59. The van der Waals surface area contributed by atoms with E-state index in [-0.39, 0.29) is 11.9 Å². The molecule has 0 aromatic heterocycles. The van der Waals surface area contributed by atoms with Crippen LogP contribution in [-0.4, -0.2) is 0 Å². The van der Waals surface area contributed by atoms with Crippen molar-refractivity contribution in [1.82, 2.24) is 0 Å². The number of halogens is 1. The molecule has 0 spiro atoms.